The lowest BCUT2D eigenvalue weighted by molar-refractivity contribution is -0.121. The van der Waals surface area contributed by atoms with Crippen LogP contribution in [0.3, 0.4) is 0 Å². The highest BCUT2D eigenvalue weighted by Crippen LogP contribution is 2.20. The van der Waals surface area contributed by atoms with Crippen LogP contribution in [0.25, 0.3) is 0 Å². The van der Waals surface area contributed by atoms with E-state index in [2.05, 4.69) is 10.0 Å². The monoisotopic (exact) mass is 400 g/mol. The van der Waals surface area contributed by atoms with E-state index in [1.807, 2.05) is 0 Å². The Morgan fingerprint density at radius 1 is 1.19 bits per heavy atom. The van der Waals surface area contributed by atoms with Crippen molar-refractivity contribution >= 4 is 27.5 Å². The number of carbonyl (C=O) groups is 1. The van der Waals surface area contributed by atoms with Gasteiger partial charge in [-0.2, -0.15) is 0 Å². The van der Waals surface area contributed by atoms with Crippen LogP contribution < -0.4 is 10.0 Å². The average Bonchev–Trinajstić information content (AvgIpc) is 2.59. The van der Waals surface area contributed by atoms with Crippen molar-refractivity contribution < 1.29 is 22.7 Å². The highest BCUT2D eigenvalue weighted by Gasteiger charge is 2.17. The molecular formula is C17H18ClFN2O4S. The first kappa shape index (κ1) is 20.3. The number of hydrogen-bond acceptors (Lipinski definition) is 4. The van der Waals surface area contributed by atoms with Gasteiger partial charge in [0, 0.05) is 19.5 Å². The molecule has 2 aromatic carbocycles. The van der Waals surface area contributed by atoms with Crippen molar-refractivity contribution in [2.45, 2.75) is 17.4 Å². The number of amides is 1. The number of nitrogens with one attached hydrogen (secondary N) is 2. The maximum absolute atomic E-state index is 13.1. The predicted octanol–water partition coefficient (Wildman–Crippen LogP) is 2.00. The van der Waals surface area contributed by atoms with Crippen molar-refractivity contribution in [3.8, 4) is 0 Å². The van der Waals surface area contributed by atoms with E-state index in [0.717, 1.165) is 0 Å². The van der Waals surface area contributed by atoms with E-state index in [4.69, 9.17) is 11.6 Å². The van der Waals surface area contributed by atoms with E-state index in [0.29, 0.717) is 5.56 Å². The topological polar surface area (TPSA) is 95.5 Å². The Labute approximate surface area is 156 Å². The largest absolute Gasteiger partial charge is 0.387 e. The summed E-state index contributed by atoms with van der Waals surface area (Å²) >= 11 is 5.85. The molecule has 0 radical (unpaired) electrons. The van der Waals surface area contributed by atoms with Crippen molar-refractivity contribution in [1.82, 2.24) is 10.0 Å². The number of carbonyl (C=O) groups excluding carboxylic acids is 1. The molecule has 0 fully saturated rings. The summed E-state index contributed by atoms with van der Waals surface area (Å²) in [5.74, 6) is -0.941. The van der Waals surface area contributed by atoms with E-state index < -0.39 is 27.9 Å². The van der Waals surface area contributed by atoms with Gasteiger partial charge >= 0.3 is 0 Å². The fraction of sp³-hybridized carbons (Fsp3) is 0.235. The molecule has 0 aromatic heterocycles. The van der Waals surface area contributed by atoms with Crippen LogP contribution in [0.2, 0.25) is 5.02 Å². The lowest BCUT2D eigenvalue weighted by Crippen LogP contribution is -2.33. The van der Waals surface area contributed by atoms with Crippen LogP contribution >= 0.6 is 11.6 Å². The summed E-state index contributed by atoms with van der Waals surface area (Å²) in [7, 11) is -3.82. The smallest absolute Gasteiger partial charge is 0.242 e. The van der Waals surface area contributed by atoms with Gasteiger partial charge in [-0.05, 0) is 29.8 Å². The van der Waals surface area contributed by atoms with Crippen LogP contribution in [0.5, 0.6) is 0 Å². The first-order valence-corrected chi connectivity index (χ1v) is 9.60. The van der Waals surface area contributed by atoms with Crippen molar-refractivity contribution in [1.29, 1.82) is 0 Å². The standard InChI is InChI=1S/C17H18ClFN2O4S/c18-14-6-1-2-7-16(14)26(24,25)21-9-8-17(23)20-11-15(22)12-4-3-5-13(19)10-12/h1-7,10,15,21-22H,8-9,11H2,(H,20,23). The molecular weight excluding hydrogens is 383 g/mol. The van der Waals surface area contributed by atoms with Gasteiger partial charge in [-0.15, -0.1) is 0 Å². The zero-order valence-electron chi connectivity index (χ0n) is 13.7. The number of benzene rings is 2. The van der Waals surface area contributed by atoms with Crippen molar-refractivity contribution in [2.24, 2.45) is 0 Å². The van der Waals surface area contributed by atoms with Gasteiger partial charge in [-0.25, -0.2) is 17.5 Å². The zero-order valence-corrected chi connectivity index (χ0v) is 15.2. The van der Waals surface area contributed by atoms with Gasteiger partial charge < -0.3 is 10.4 Å². The Balaban J connectivity index is 1.79. The van der Waals surface area contributed by atoms with Crippen molar-refractivity contribution in [3.63, 3.8) is 0 Å². The maximum Gasteiger partial charge on any atom is 0.242 e. The van der Waals surface area contributed by atoms with Gasteiger partial charge in [0.2, 0.25) is 15.9 Å². The zero-order chi connectivity index (χ0) is 19.2. The van der Waals surface area contributed by atoms with Gasteiger partial charge in [0.1, 0.15) is 10.7 Å². The molecule has 9 heteroatoms. The number of aliphatic hydroxyl groups is 1. The molecule has 0 bridgehead atoms. The molecule has 0 aliphatic rings. The summed E-state index contributed by atoms with van der Waals surface area (Å²) in [6, 6.07) is 11.4. The first-order valence-electron chi connectivity index (χ1n) is 7.74. The number of rotatable bonds is 8. The molecule has 26 heavy (non-hydrogen) atoms. The predicted molar refractivity (Wildman–Crippen MR) is 95.6 cm³/mol. The number of halogens is 2. The van der Waals surface area contributed by atoms with E-state index in [1.54, 1.807) is 12.1 Å². The molecule has 2 aromatic rings. The molecule has 1 atom stereocenters. The summed E-state index contributed by atoms with van der Waals surface area (Å²) < 4.78 is 39.6. The molecule has 6 nitrogen and oxygen atoms in total. The molecule has 1 amide bonds. The number of sulfonamides is 1. The number of hydrogen-bond donors (Lipinski definition) is 3. The fourth-order valence-corrected chi connectivity index (χ4v) is 3.72. The van der Waals surface area contributed by atoms with E-state index in [1.165, 1.54) is 36.4 Å². The third kappa shape index (κ3) is 5.77. The van der Waals surface area contributed by atoms with Gasteiger partial charge in [-0.3, -0.25) is 4.79 Å². The second kappa shape index (κ2) is 9.09. The second-order valence-electron chi connectivity index (χ2n) is 5.45. The Morgan fingerprint density at radius 3 is 2.62 bits per heavy atom. The highest BCUT2D eigenvalue weighted by atomic mass is 35.5. The van der Waals surface area contributed by atoms with Crippen LogP contribution in [-0.4, -0.2) is 32.5 Å². The Morgan fingerprint density at radius 2 is 1.92 bits per heavy atom. The summed E-state index contributed by atoms with van der Waals surface area (Å²) in [4.78, 5) is 11.7. The minimum atomic E-state index is -3.82. The minimum Gasteiger partial charge on any atom is -0.387 e. The normalized spacial score (nSPS) is 12.6. The SMILES string of the molecule is O=C(CCNS(=O)(=O)c1ccccc1Cl)NCC(O)c1cccc(F)c1. The van der Waals surface area contributed by atoms with Crippen LogP contribution in [0.15, 0.2) is 53.4 Å². The van der Waals surface area contributed by atoms with Gasteiger partial charge in [0.25, 0.3) is 0 Å². The lowest BCUT2D eigenvalue weighted by Gasteiger charge is -2.13. The molecule has 0 aliphatic carbocycles. The molecule has 0 spiro atoms. The molecule has 1 unspecified atom stereocenters. The Bertz CT molecular complexity index is 877. The van der Waals surface area contributed by atoms with E-state index in [-0.39, 0.29) is 29.4 Å². The first-order chi connectivity index (χ1) is 12.3. The molecule has 140 valence electrons. The lowest BCUT2D eigenvalue weighted by atomic mass is 10.1. The van der Waals surface area contributed by atoms with Gasteiger partial charge in [-0.1, -0.05) is 35.9 Å². The quantitative estimate of drug-likeness (QED) is 0.631. The van der Waals surface area contributed by atoms with Crippen LogP contribution in [-0.2, 0) is 14.8 Å². The molecule has 3 N–H and O–H groups in total. The summed E-state index contributed by atoms with van der Waals surface area (Å²) in [5.41, 5.74) is 0.338. The summed E-state index contributed by atoms with van der Waals surface area (Å²) in [5, 5.41) is 12.5. The molecule has 2 rings (SSSR count). The second-order valence-corrected chi connectivity index (χ2v) is 7.60. The highest BCUT2D eigenvalue weighted by molar-refractivity contribution is 7.89. The van der Waals surface area contributed by atoms with Crippen molar-refractivity contribution in [3.05, 3.63) is 64.9 Å². The van der Waals surface area contributed by atoms with Crippen LogP contribution in [0.1, 0.15) is 18.1 Å². The summed E-state index contributed by atoms with van der Waals surface area (Å²) in [6.45, 7) is -0.241. The van der Waals surface area contributed by atoms with E-state index in [9.17, 15) is 22.7 Å². The molecule has 0 heterocycles. The Hall–Kier alpha value is -2.00. The third-order valence-corrected chi connectivity index (χ3v) is 5.46. The van der Waals surface area contributed by atoms with Crippen molar-refractivity contribution in [2.75, 3.05) is 13.1 Å². The van der Waals surface area contributed by atoms with Gasteiger partial charge in [0.05, 0.1) is 11.1 Å². The van der Waals surface area contributed by atoms with Gasteiger partial charge in [0.15, 0.2) is 0 Å². The van der Waals surface area contributed by atoms with E-state index >= 15 is 0 Å². The minimum absolute atomic E-state index is 0.0661. The number of aliphatic hydroxyl groups excluding tert-OH is 1. The summed E-state index contributed by atoms with van der Waals surface area (Å²) in [6.07, 6.45) is -1.19. The Kier molecular flexibility index (Phi) is 7.10. The fourth-order valence-electron chi connectivity index (χ4n) is 2.17. The molecule has 0 aliphatic heterocycles. The van der Waals surface area contributed by atoms with Crippen LogP contribution in [0.4, 0.5) is 4.39 Å². The third-order valence-electron chi connectivity index (χ3n) is 3.50. The molecule has 0 saturated carbocycles. The average molecular weight is 401 g/mol. The molecule has 0 saturated heterocycles. The maximum atomic E-state index is 13.1. The van der Waals surface area contributed by atoms with Crippen LogP contribution in [0, 0.1) is 5.82 Å².